The van der Waals surface area contributed by atoms with Crippen LogP contribution in [0, 0.1) is 0 Å². The van der Waals surface area contributed by atoms with Gasteiger partial charge in [0.25, 0.3) is 0 Å². The third-order valence-corrected chi connectivity index (χ3v) is 5.38. The van der Waals surface area contributed by atoms with Gasteiger partial charge in [-0.15, -0.1) is 0 Å². The van der Waals surface area contributed by atoms with Crippen LogP contribution in [-0.4, -0.2) is 66.2 Å². The fraction of sp³-hybridized carbons (Fsp3) is 0.632. The minimum Gasteiger partial charge on any atom is -0.496 e. The summed E-state index contributed by atoms with van der Waals surface area (Å²) in [5.74, 6) is 1.07. The second kappa shape index (κ2) is 7.99. The number of aliphatic hydroxyl groups excluding tert-OH is 1. The van der Waals surface area contributed by atoms with Gasteiger partial charge in [-0.3, -0.25) is 9.69 Å². The Morgan fingerprint density at radius 2 is 1.96 bits per heavy atom. The summed E-state index contributed by atoms with van der Waals surface area (Å²) in [4.78, 5) is 16.8. The lowest BCUT2D eigenvalue weighted by Crippen LogP contribution is -2.53. The minimum absolute atomic E-state index is 0.183. The predicted octanol–water partition coefficient (Wildman–Crippen LogP) is 1.69. The Hall–Kier alpha value is -1.59. The van der Waals surface area contributed by atoms with E-state index >= 15 is 0 Å². The zero-order valence-corrected chi connectivity index (χ0v) is 14.5. The number of hydrogen-bond donors (Lipinski definition) is 1. The number of aryl methyl sites for hydroxylation is 1. The molecule has 24 heavy (non-hydrogen) atoms. The first kappa shape index (κ1) is 17.2. The van der Waals surface area contributed by atoms with Crippen molar-refractivity contribution in [2.75, 3.05) is 33.3 Å². The summed E-state index contributed by atoms with van der Waals surface area (Å²) < 4.78 is 5.35. The number of carbonyl (C=O) groups excluding carboxylic acids is 1. The van der Waals surface area contributed by atoms with Gasteiger partial charge in [-0.05, 0) is 37.3 Å². The highest BCUT2D eigenvalue weighted by Gasteiger charge is 2.33. The van der Waals surface area contributed by atoms with Crippen molar-refractivity contribution in [2.24, 2.45) is 0 Å². The first-order chi connectivity index (χ1) is 11.7. The highest BCUT2D eigenvalue weighted by Crippen LogP contribution is 2.25. The van der Waals surface area contributed by atoms with Crippen LogP contribution < -0.4 is 4.74 Å². The van der Waals surface area contributed by atoms with E-state index in [9.17, 15) is 9.90 Å². The lowest BCUT2D eigenvalue weighted by atomic mass is 10.1. The molecule has 2 atom stereocenters. The van der Waals surface area contributed by atoms with Crippen LogP contribution in [-0.2, 0) is 11.2 Å². The van der Waals surface area contributed by atoms with Gasteiger partial charge < -0.3 is 14.7 Å². The van der Waals surface area contributed by atoms with E-state index in [1.54, 1.807) is 7.11 Å². The summed E-state index contributed by atoms with van der Waals surface area (Å²) in [6.07, 6.45) is 4.17. The normalized spacial score (nSPS) is 25.0. The van der Waals surface area contributed by atoms with E-state index in [0.717, 1.165) is 56.8 Å². The van der Waals surface area contributed by atoms with Crippen molar-refractivity contribution in [3.63, 3.8) is 0 Å². The molecule has 1 saturated heterocycles. The third-order valence-electron chi connectivity index (χ3n) is 5.38. The molecule has 5 nitrogen and oxygen atoms in total. The molecule has 1 aliphatic heterocycles. The van der Waals surface area contributed by atoms with Crippen molar-refractivity contribution in [1.29, 1.82) is 0 Å². The van der Waals surface area contributed by atoms with Gasteiger partial charge in [0.2, 0.25) is 5.91 Å². The lowest BCUT2D eigenvalue weighted by molar-refractivity contribution is -0.133. The number of methoxy groups -OCH3 is 1. The Labute approximate surface area is 144 Å². The van der Waals surface area contributed by atoms with Gasteiger partial charge in [0.1, 0.15) is 5.75 Å². The fourth-order valence-electron chi connectivity index (χ4n) is 3.96. The molecule has 0 spiro atoms. The second-order valence-corrected chi connectivity index (χ2v) is 6.79. The molecule has 1 aliphatic carbocycles. The van der Waals surface area contributed by atoms with Crippen molar-refractivity contribution in [1.82, 2.24) is 9.80 Å². The summed E-state index contributed by atoms with van der Waals surface area (Å²) >= 11 is 0. The van der Waals surface area contributed by atoms with Crippen LogP contribution in [0.3, 0.4) is 0 Å². The van der Waals surface area contributed by atoms with Crippen LogP contribution in [0.15, 0.2) is 24.3 Å². The van der Waals surface area contributed by atoms with E-state index in [1.807, 2.05) is 29.2 Å². The van der Waals surface area contributed by atoms with Crippen molar-refractivity contribution in [2.45, 2.75) is 44.2 Å². The molecule has 0 bridgehead atoms. The van der Waals surface area contributed by atoms with Crippen molar-refractivity contribution in [3.05, 3.63) is 29.8 Å². The maximum atomic E-state index is 12.5. The molecule has 5 heteroatoms. The number of piperazine rings is 1. The van der Waals surface area contributed by atoms with E-state index < -0.39 is 0 Å². The molecule has 1 aromatic rings. The zero-order chi connectivity index (χ0) is 16.9. The van der Waals surface area contributed by atoms with E-state index in [-0.39, 0.29) is 12.0 Å². The number of benzene rings is 1. The van der Waals surface area contributed by atoms with Crippen LogP contribution in [0.1, 0.15) is 31.2 Å². The molecule has 1 amide bonds. The van der Waals surface area contributed by atoms with Gasteiger partial charge >= 0.3 is 0 Å². The van der Waals surface area contributed by atoms with Crippen molar-refractivity contribution >= 4 is 5.91 Å². The topological polar surface area (TPSA) is 53.0 Å². The zero-order valence-electron chi connectivity index (χ0n) is 14.5. The highest BCUT2D eigenvalue weighted by atomic mass is 16.5. The average molecular weight is 332 g/mol. The average Bonchev–Trinajstić information content (AvgIpc) is 3.06. The fourth-order valence-corrected chi connectivity index (χ4v) is 3.96. The van der Waals surface area contributed by atoms with Crippen LogP contribution in [0.2, 0.25) is 0 Å². The quantitative estimate of drug-likeness (QED) is 0.891. The third kappa shape index (κ3) is 3.90. The van der Waals surface area contributed by atoms with E-state index in [2.05, 4.69) is 4.90 Å². The summed E-state index contributed by atoms with van der Waals surface area (Å²) in [6.45, 7) is 3.30. The Kier molecular flexibility index (Phi) is 5.74. The number of aliphatic hydroxyl groups is 1. The van der Waals surface area contributed by atoms with E-state index in [0.29, 0.717) is 18.9 Å². The number of nitrogens with zero attached hydrogens (tertiary/aromatic N) is 2. The molecule has 1 saturated carbocycles. The molecule has 2 aliphatic rings. The van der Waals surface area contributed by atoms with Gasteiger partial charge in [-0.25, -0.2) is 0 Å². The number of carbonyl (C=O) groups is 1. The van der Waals surface area contributed by atoms with Crippen molar-refractivity contribution < 1.29 is 14.6 Å². The standard InChI is InChI=1S/C19H28N2O3/c1-24-18-8-3-2-5-15(18)9-10-19(23)21-13-11-20(12-14-21)16-6-4-7-17(16)22/h2-3,5,8,16-17,22H,4,6-7,9-14H2,1H3/t16-,17+/m0/s1. The molecular weight excluding hydrogens is 304 g/mol. The summed E-state index contributed by atoms with van der Waals surface area (Å²) in [5, 5.41) is 10.0. The number of ether oxygens (including phenoxy) is 1. The predicted molar refractivity (Wildman–Crippen MR) is 93.1 cm³/mol. The monoisotopic (exact) mass is 332 g/mol. The van der Waals surface area contributed by atoms with Crippen LogP contribution >= 0.6 is 0 Å². The smallest absolute Gasteiger partial charge is 0.222 e. The summed E-state index contributed by atoms with van der Waals surface area (Å²) in [7, 11) is 1.66. The number of amides is 1. The van der Waals surface area contributed by atoms with Gasteiger partial charge in [-0.2, -0.15) is 0 Å². The number of rotatable bonds is 5. The number of hydrogen-bond acceptors (Lipinski definition) is 4. The molecule has 3 rings (SSSR count). The first-order valence-corrected chi connectivity index (χ1v) is 9.01. The van der Waals surface area contributed by atoms with Crippen LogP contribution in [0.5, 0.6) is 5.75 Å². The largest absolute Gasteiger partial charge is 0.496 e. The molecule has 0 radical (unpaired) electrons. The SMILES string of the molecule is COc1ccccc1CCC(=O)N1CCN([C@H]2CCC[C@H]2O)CC1. The highest BCUT2D eigenvalue weighted by molar-refractivity contribution is 5.76. The second-order valence-electron chi connectivity index (χ2n) is 6.79. The Morgan fingerprint density at radius 1 is 1.21 bits per heavy atom. The Morgan fingerprint density at radius 3 is 2.62 bits per heavy atom. The van der Waals surface area contributed by atoms with Gasteiger partial charge in [0.05, 0.1) is 13.2 Å². The van der Waals surface area contributed by atoms with Gasteiger partial charge in [0.15, 0.2) is 0 Å². The molecular formula is C19H28N2O3. The van der Waals surface area contributed by atoms with Crippen LogP contribution in [0.25, 0.3) is 0 Å². The van der Waals surface area contributed by atoms with Crippen molar-refractivity contribution in [3.8, 4) is 5.75 Å². The molecule has 1 heterocycles. The molecule has 0 aromatic heterocycles. The molecule has 132 valence electrons. The Bertz CT molecular complexity index is 555. The van der Waals surface area contributed by atoms with E-state index in [1.165, 1.54) is 0 Å². The molecule has 1 N–H and O–H groups in total. The first-order valence-electron chi connectivity index (χ1n) is 9.01. The Balaban J connectivity index is 1.47. The van der Waals surface area contributed by atoms with E-state index in [4.69, 9.17) is 4.74 Å². The lowest BCUT2D eigenvalue weighted by Gasteiger charge is -2.39. The molecule has 0 unspecified atom stereocenters. The van der Waals surface area contributed by atoms with Gasteiger partial charge in [0, 0.05) is 38.6 Å². The minimum atomic E-state index is -0.183. The summed E-state index contributed by atoms with van der Waals surface area (Å²) in [6, 6.07) is 8.18. The van der Waals surface area contributed by atoms with Crippen LogP contribution in [0.4, 0.5) is 0 Å². The van der Waals surface area contributed by atoms with Gasteiger partial charge in [-0.1, -0.05) is 18.2 Å². The maximum absolute atomic E-state index is 12.5. The summed E-state index contributed by atoms with van der Waals surface area (Å²) in [5.41, 5.74) is 1.08. The molecule has 1 aromatic carbocycles. The number of para-hydroxylation sites is 1. The molecule has 2 fully saturated rings. The maximum Gasteiger partial charge on any atom is 0.222 e.